The topological polar surface area (TPSA) is 65.0 Å². The highest BCUT2D eigenvalue weighted by atomic mass is 35.5. The van der Waals surface area contributed by atoms with Crippen molar-refractivity contribution in [3.8, 4) is 0 Å². The highest BCUT2D eigenvalue weighted by molar-refractivity contribution is 6.31. The second kappa shape index (κ2) is 12.2. The number of aliphatic imine (C=N–C) groups is 1. The van der Waals surface area contributed by atoms with Crippen LogP contribution in [-0.2, 0) is 4.79 Å². The number of dihydropyridines is 1. The van der Waals surface area contributed by atoms with Gasteiger partial charge in [-0.15, -0.1) is 0 Å². The normalized spacial score (nSPS) is 22.6. The number of amides is 2. The Morgan fingerprint density at radius 3 is 2.37 bits per heavy atom. The molecule has 1 aliphatic carbocycles. The first-order valence-electron chi connectivity index (χ1n) is 13.0. The fraction of sp³-hybridized carbons (Fsp3) is 0.607. The number of hydrogen-bond donors (Lipinski definition) is 1. The number of carbonyl (C=O) groups excluding carboxylic acids is 2. The summed E-state index contributed by atoms with van der Waals surface area (Å²) in [7, 11) is 4.31. The number of carbonyl (C=O) groups is 2. The molecule has 7 heteroatoms. The van der Waals surface area contributed by atoms with E-state index >= 15 is 0 Å². The van der Waals surface area contributed by atoms with Crippen LogP contribution in [0.4, 0.5) is 5.69 Å². The van der Waals surface area contributed by atoms with Gasteiger partial charge >= 0.3 is 0 Å². The minimum absolute atomic E-state index is 0.178. The Labute approximate surface area is 215 Å². The van der Waals surface area contributed by atoms with E-state index < -0.39 is 5.92 Å². The number of hydrogen-bond acceptors (Lipinski definition) is 4. The molecule has 1 aromatic rings. The van der Waals surface area contributed by atoms with Crippen LogP contribution in [-0.4, -0.2) is 61.7 Å². The zero-order chi connectivity index (χ0) is 25.7. The van der Waals surface area contributed by atoms with Crippen LogP contribution in [0.5, 0.6) is 0 Å². The van der Waals surface area contributed by atoms with E-state index in [9.17, 15) is 9.59 Å². The standard InChI is InChI=1S/C28H41ClN4O2/c1-7-9-20-14-18(3)31-28(35)25(20)17-30-27(34)24-15-21(29)16-26(19(24)4)33(8-2)23-12-10-22(11-13-23)32(5)6/h14-16,22-23,25H,7-13,17H2,1-6H3,(H,30,34). The van der Waals surface area contributed by atoms with Gasteiger partial charge in [0.05, 0.1) is 5.92 Å². The van der Waals surface area contributed by atoms with Crippen molar-refractivity contribution in [1.29, 1.82) is 0 Å². The van der Waals surface area contributed by atoms with Crippen molar-refractivity contribution in [1.82, 2.24) is 10.2 Å². The third-order valence-electron chi connectivity index (χ3n) is 7.51. The van der Waals surface area contributed by atoms with Gasteiger partial charge in [-0.25, -0.2) is 4.99 Å². The van der Waals surface area contributed by atoms with E-state index in [2.05, 4.69) is 48.1 Å². The molecule has 6 nitrogen and oxygen atoms in total. The number of allylic oxidation sites excluding steroid dienone is 1. The van der Waals surface area contributed by atoms with Crippen molar-refractivity contribution in [2.75, 3.05) is 32.1 Å². The molecule has 192 valence electrons. The van der Waals surface area contributed by atoms with Crippen LogP contribution in [0.25, 0.3) is 0 Å². The molecular weight excluding hydrogens is 460 g/mol. The summed E-state index contributed by atoms with van der Waals surface area (Å²) in [5.74, 6) is -0.781. The minimum Gasteiger partial charge on any atom is -0.369 e. The van der Waals surface area contributed by atoms with Gasteiger partial charge in [0.25, 0.3) is 11.8 Å². The summed E-state index contributed by atoms with van der Waals surface area (Å²) in [5.41, 5.74) is 4.29. The lowest BCUT2D eigenvalue weighted by atomic mass is 9.88. The molecule has 0 bridgehead atoms. The van der Waals surface area contributed by atoms with Crippen LogP contribution in [0.3, 0.4) is 0 Å². The fourth-order valence-corrected chi connectivity index (χ4v) is 5.78. The maximum Gasteiger partial charge on any atom is 0.254 e. The van der Waals surface area contributed by atoms with Gasteiger partial charge in [0.15, 0.2) is 0 Å². The molecule has 1 atom stereocenters. The van der Waals surface area contributed by atoms with Gasteiger partial charge in [0.2, 0.25) is 0 Å². The van der Waals surface area contributed by atoms with Gasteiger partial charge in [0, 0.05) is 47.2 Å². The van der Waals surface area contributed by atoms with Crippen LogP contribution in [0.1, 0.15) is 75.2 Å². The predicted octanol–water partition coefficient (Wildman–Crippen LogP) is 5.42. The lowest BCUT2D eigenvalue weighted by molar-refractivity contribution is -0.120. The molecule has 1 unspecified atom stereocenters. The summed E-state index contributed by atoms with van der Waals surface area (Å²) in [5, 5.41) is 3.55. The van der Waals surface area contributed by atoms with Crippen molar-refractivity contribution in [3.63, 3.8) is 0 Å². The fourth-order valence-electron chi connectivity index (χ4n) is 5.57. The van der Waals surface area contributed by atoms with E-state index in [0.29, 0.717) is 22.7 Å². The molecule has 2 amide bonds. The zero-order valence-electron chi connectivity index (χ0n) is 22.2. The predicted molar refractivity (Wildman–Crippen MR) is 146 cm³/mol. The lowest BCUT2D eigenvalue weighted by Crippen LogP contribution is -2.42. The van der Waals surface area contributed by atoms with E-state index in [1.807, 2.05) is 26.0 Å². The molecule has 3 rings (SSSR count). The number of halogens is 1. The molecule has 0 saturated heterocycles. The highest BCUT2D eigenvalue weighted by Gasteiger charge is 2.29. The van der Waals surface area contributed by atoms with Crippen LogP contribution < -0.4 is 10.2 Å². The Hall–Kier alpha value is -2.18. The van der Waals surface area contributed by atoms with Gasteiger partial charge < -0.3 is 15.1 Å². The average Bonchev–Trinajstić information content (AvgIpc) is 2.81. The Balaban J connectivity index is 1.77. The van der Waals surface area contributed by atoms with Crippen molar-refractivity contribution in [2.24, 2.45) is 10.9 Å². The summed E-state index contributed by atoms with van der Waals surface area (Å²) in [6.07, 6.45) is 8.34. The molecular formula is C28H41ClN4O2. The summed E-state index contributed by atoms with van der Waals surface area (Å²) in [6, 6.07) is 4.79. The van der Waals surface area contributed by atoms with Gasteiger partial charge in [-0.3, -0.25) is 9.59 Å². The van der Waals surface area contributed by atoms with E-state index in [1.165, 1.54) is 12.8 Å². The number of rotatable bonds is 9. The molecule has 1 saturated carbocycles. The Bertz CT molecular complexity index is 993. The third kappa shape index (κ3) is 6.53. The summed E-state index contributed by atoms with van der Waals surface area (Å²) < 4.78 is 0. The maximum atomic E-state index is 13.3. The van der Waals surface area contributed by atoms with Gasteiger partial charge in [-0.2, -0.15) is 0 Å². The van der Waals surface area contributed by atoms with Crippen molar-refractivity contribution < 1.29 is 9.59 Å². The lowest BCUT2D eigenvalue weighted by Gasteiger charge is -2.40. The van der Waals surface area contributed by atoms with Crippen LogP contribution in [0.2, 0.25) is 5.02 Å². The first-order valence-corrected chi connectivity index (χ1v) is 13.3. The SMILES string of the molecule is CCCC1=CC(C)=NC(=O)C1CNC(=O)c1cc(Cl)cc(N(CC)C2CCC(N(C)C)CC2)c1C. The quantitative estimate of drug-likeness (QED) is 0.491. The van der Waals surface area contributed by atoms with Gasteiger partial charge in [0.1, 0.15) is 0 Å². The molecule has 1 N–H and O–H groups in total. The zero-order valence-corrected chi connectivity index (χ0v) is 22.9. The average molecular weight is 501 g/mol. The number of benzene rings is 1. The van der Waals surface area contributed by atoms with Crippen LogP contribution in [0, 0.1) is 12.8 Å². The Morgan fingerprint density at radius 2 is 1.77 bits per heavy atom. The largest absolute Gasteiger partial charge is 0.369 e. The van der Waals surface area contributed by atoms with Crippen molar-refractivity contribution in [3.05, 3.63) is 39.9 Å². The maximum absolute atomic E-state index is 13.3. The summed E-state index contributed by atoms with van der Waals surface area (Å²) in [4.78, 5) is 34.7. The molecule has 1 aromatic carbocycles. The molecule has 2 aliphatic rings. The molecule has 0 radical (unpaired) electrons. The van der Waals surface area contributed by atoms with E-state index in [1.54, 1.807) is 6.07 Å². The van der Waals surface area contributed by atoms with Crippen LogP contribution in [0.15, 0.2) is 28.8 Å². The van der Waals surface area contributed by atoms with Gasteiger partial charge in [-0.1, -0.05) is 30.5 Å². The first kappa shape index (κ1) is 27.4. The van der Waals surface area contributed by atoms with Crippen molar-refractivity contribution >= 4 is 34.8 Å². The highest BCUT2D eigenvalue weighted by Crippen LogP contribution is 2.34. The second-order valence-electron chi connectivity index (χ2n) is 10.1. The molecule has 1 aliphatic heterocycles. The smallest absolute Gasteiger partial charge is 0.254 e. The molecule has 1 heterocycles. The number of nitrogens with zero attached hydrogens (tertiary/aromatic N) is 3. The minimum atomic E-state index is -0.402. The Kier molecular flexibility index (Phi) is 9.54. The molecule has 1 fully saturated rings. The van der Waals surface area contributed by atoms with E-state index in [4.69, 9.17) is 11.6 Å². The number of nitrogens with one attached hydrogen (secondary N) is 1. The van der Waals surface area contributed by atoms with Crippen LogP contribution >= 0.6 is 11.6 Å². The summed E-state index contributed by atoms with van der Waals surface area (Å²) >= 11 is 6.53. The van der Waals surface area contributed by atoms with Crippen molar-refractivity contribution in [2.45, 2.75) is 78.3 Å². The van der Waals surface area contributed by atoms with Gasteiger partial charge in [-0.05, 0) is 90.7 Å². The molecule has 0 spiro atoms. The van der Waals surface area contributed by atoms with E-state index in [0.717, 1.165) is 54.8 Å². The van der Waals surface area contributed by atoms with E-state index in [-0.39, 0.29) is 18.4 Å². The monoisotopic (exact) mass is 500 g/mol. The Morgan fingerprint density at radius 1 is 1.11 bits per heavy atom. The first-order chi connectivity index (χ1) is 16.7. The molecule has 35 heavy (non-hydrogen) atoms. The second-order valence-corrected chi connectivity index (χ2v) is 10.6. The summed E-state index contributed by atoms with van der Waals surface area (Å²) in [6.45, 7) is 9.19. The number of anilines is 1. The third-order valence-corrected chi connectivity index (χ3v) is 7.73. The molecule has 0 aromatic heterocycles.